The van der Waals surface area contributed by atoms with E-state index in [9.17, 15) is 0 Å². The fourth-order valence-electron chi connectivity index (χ4n) is 1.82. The highest BCUT2D eigenvalue weighted by atomic mass is 14.8. The number of benzene rings is 1. The van der Waals surface area contributed by atoms with Gasteiger partial charge in [-0.2, -0.15) is 0 Å². The van der Waals surface area contributed by atoms with Crippen molar-refractivity contribution in [1.82, 2.24) is 4.98 Å². The average Bonchev–Trinajstić information content (AvgIpc) is 2.24. The van der Waals surface area contributed by atoms with Crippen molar-refractivity contribution < 1.29 is 0 Å². The van der Waals surface area contributed by atoms with E-state index in [2.05, 4.69) is 44.0 Å². The Morgan fingerprint density at radius 3 is 2.67 bits per heavy atom. The Bertz CT molecular complexity index is 515. The highest BCUT2D eigenvalue weighted by Gasteiger charge is 2.05. The Hall–Kier alpha value is -1.57. The van der Waals surface area contributed by atoms with Gasteiger partial charge >= 0.3 is 0 Å². The van der Waals surface area contributed by atoms with Crippen LogP contribution in [0.2, 0.25) is 0 Å². The Kier molecular flexibility index (Phi) is 2.35. The molecule has 2 N–H and O–H groups in total. The second-order valence-electron chi connectivity index (χ2n) is 3.97. The van der Waals surface area contributed by atoms with Crippen LogP contribution in [0.1, 0.15) is 23.6 Å². The number of anilines is 1. The van der Waals surface area contributed by atoms with Crippen LogP contribution in [0.3, 0.4) is 0 Å². The summed E-state index contributed by atoms with van der Waals surface area (Å²) in [5, 5.41) is 1.18. The van der Waals surface area contributed by atoms with E-state index >= 15 is 0 Å². The van der Waals surface area contributed by atoms with Crippen LogP contribution in [0.25, 0.3) is 10.9 Å². The Morgan fingerprint density at radius 2 is 2.00 bits per heavy atom. The predicted octanol–water partition coefficient (Wildman–Crippen LogP) is 3.00. The lowest BCUT2D eigenvalue weighted by Crippen LogP contribution is -1.98. The smallest absolute Gasteiger partial charge is 0.127 e. The minimum absolute atomic E-state index is 0.665. The molecular weight excluding hydrogens is 184 g/mol. The SMILES string of the molecule is CCc1cc2ccc(C)c(C)c2nc1N. The van der Waals surface area contributed by atoms with E-state index in [1.54, 1.807) is 0 Å². The Morgan fingerprint density at radius 1 is 1.27 bits per heavy atom. The summed E-state index contributed by atoms with van der Waals surface area (Å²) in [5.41, 5.74) is 10.6. The molecule has 0 aliphatic rings. The number of nitrogen functional groups attached to an aromatic ring is 1. The Labute approximate surface area is 90.1 Å². The lowest BCUT2D eigenvalue weighted by atomic mass is 10.0. The first-order valence-corrected chi connectivity index (χ1v) is 5.28. The van der Waals surface area contributed by atoms with Crippen LogP contribution in [0, 0.1) is 13.8 Å². The van der Waals surface area contributed by atoms with E-state index in [0.29, 0.717) is 5.82 Å². The molecule has 0 atom stereocenters. The molecule has 0 unspecified atom stereocenters. The summed E-state index contributed by atoms with van der Waals surface area (Å²) in [7, 11) is 0. The van der Waals surface area contributed by atoms with E-state index < -0.39 is 0 Å². The van der Waals surface area contributed by atoms with E-state index in [-0.39, 0.29) is 0 Å². The van der Waals surface area contributed by atoms with Gasteiger partial charge in [0.25, 0.3) is 0 Å². The number of fused-ring (bicyclic) bond motifs is 1. The summed E-state index contributed by atoms with van der Waals surface area (Å²) in [5.74, 6) is 0.665. The zero-order valence-corrected chi connectivity index (χ0v) is 9.46. The molecule has 1 heterocycles. The number of aryl methyl sites for hydroxylation is 3. The molecule has 0 radical (unpaired) electrons. The topological polar surface area (TPSA) is 38.9 Å². The molecule has 0 amide bonds. The first-order valence-electron chi connectivity index (χ1n) is 5.28. The van der Waals surface area contributed by atoms with Gasteiger partial charge in [0.1, 0.15) is 5.82 Å². The highest BCUT2D eigenvalue weighted by molar-refractivity contribution is 5.85. The summed E-state index contributed by atoms with van der Waals surface area (Å²) in [4.78, 5) is 4.48. The standard InChI is InChI=1S/C13H16N2/c1-4-10-7-11-6-5-8(2)9(3)12(11)15-13(10)14/h5-7H,4H2,1-3H3,(H2,14,15). The van der Waals surface area contributed by atoms with Gasteiger partial charge in [-0.25, -0.2) is 4.98 Å². The molecule has 0 bridgehead atoms. The summed E-state index contributed by atoms with van der Waals surface area (Å²) >= 11 is 0. The number of aromatic nitrogens is 1. The van der Waals surface area contributed by atoms with Crippen LogP contribution in [-0.2, 0) is 6.42 Å². The van der Waals surface area contributed by atoms with Crippen molar-refractivity contribution in [3.63, 3.8) is 0 Å². The molecule has 2 rings (SSSR count). The zero-order chi connectivity index (χ0) is 11.0. The summed E-state index contributed by atoms with van der Waals surface area (Å²) in [6.07, 6.45) is 0.932. The number of nitrogens with two attached hydrogens (primary N) is 1. The normalized spacial score (nSPS) is 10.9. The van der Waals surface area contributed by atoms with Gasteiger partial charge in [0.2, 0.25) is 0 Å². The van der Waals surface area contributed by atoms with Gasteiger partial charge in [-0.3, -0.25) is 0 Å². The minimum Gasteiger partial charge on any atom is -0.383 e. The molecule has 0 spiro atoms. The van der Waals surface area contributed by atoms with Gasteiger partial charge in [0.15, 0.2) is 0 Å². The van der Waals surface area contributed by atoms with E-state index in [0.717, 1.165) is 17.5 Å². The third-order valence-corrected chi connectivity index (χ3v) is 3.00. The largest absolute Gasteiger partial charge is 0.383 e. The molecule has 0 aliphatic carbocycles. The van der Waals surface area contributed by atoms with Crippen molar-refractivity contribution in [2.75, 3.05) is 5.73 Å². The lowest BCUT2D eigenvalue weighted by Gasteiger charge is -2.08. The Balaban J connectivity index is 2.81. The molecule has 15 heavy (non-hydrogen) atoms. The van der Waals surface area contributed by atoms with E-state index in [1.165, 1.54) is 16.5 Å². The molecular formula is C13H16N2. The van der Waals surface area contributed by atoms with Crippen LogP contribution < -0.4 is 5.73 Å². The quantitative estimate of drug-likeness (QED) is 0.768. The molecule has 1 aromatic carbocycles. The monoisotopic (exact) mass is 200 g/mol. The van der Waals surface area contributed by atoms with Crippen LogP contribution >= 0.6 is 0 Å². The molecule has 0 aliphatic heterocycles. The van der Waals surface area contributed by atoms with Gasteiger partial charge in [-0.15, -0.1) is 0 Å². The number of hydrogen-bond acceptors (Lipinski definition) is 2. The third-order valence-electron chi connectivity index (χ3n) is 3.00. The van der Waals surface area contributed by atoms with Crippen LogP contribution in [-0.4, -0.2) is 4.98 Å². The van der Waals surface area contributed by atoms with Gasteiger partial charge in [-0.05, 0) is 43.0 Å². The lowest BCUT2D eigenvalue weighted by molar-refractivity contribution is 1.12. The van der Waals surface area contributed by atoms with E-state index in [1.807, 2.05) is 0 Å². The molecule has 78 valence electrons. The zero-order valence-electron chi connectivity index (χ0n) is 9.46. The molecule has 2 aromatic rings. The van der Waals surface area contributed by atoms with Crippen molar-refractivity contribution in [2.24, 2.45) is 0 Å². The number of nitrogens with zero attached hydrogens (tertiary/aromatic N) is 1. The third kappa shape index (κ3) is 1.56. The molecule has 0 saturated carbocycles. The van der Waals surface area contributed by atoms with Gasteiger partial charge < -0.3 is 5.73 Å². The maximum absolute atomic E-state index is 5.91. The minimum atomic E-state index is 0.665. The summed E-state index contributed by atoms with van der Waals surface area (Å²) in [6.45, 7) is 6.29. The maximum Gasteiger partial charge on any atom is 0.127 e. The van der Waals surface area contributed by atoms with Crippen LogP contribution in [0.5, 0.6) is 0 Å². The van der Waals surface area contributed by atoms with Crippen LogP contribution in [0.15, 0.2) is 18.2 Å². The average molecular weight is 200 g/mol. The maximum atomic E-state index is 5.91. The first kappa shape index (κ1) is 9.97. The molecule has 0 fully saturated rings. The van der Waals surface area contributed by atoms with Gasteiger partial charge in [0.05, 0.1) is 5.52 Å². The van der Waals surface area contributed by atoms with Crippen molar-refractivity contribution in [3.8, 4) is 0 Å². The molecule has 2 nitrogen and oxygen atoms in total. The van der Waals surface area contributed by atoms with Crippen LogP contribution in [0.4, 0.5) is 5.82 Å². The van der Waals surface area contributed by atoms with Crippen molar-refractivity contribution in [1.29, 1.82) is 0 Å². The molecule has 2 heteroatoms. The first-order chi connectivity index (χ1) is 7.13. The van der Waals surface area contributed by atoms with Crippen molar-refractivity contribution in [3.05, 3.63) is 34.9 Å². The second kappa shape index (κ2) is 3.54. The fraction of sp³-hybridized carbons (Fsp3) is 0.308. The number of hydrogen-bond donors (Lipinski definition) is 1. The summed E-state index contributed by atoms with van der Waals surface area (Å²) in [6, 6.07) is 6.39. The highest BCUT2D eigenvalue weighted by Crippen LogP contribution is 2.23. The second-order valence-corrected chi connectivity index (χ2v) is 3.97. The number of rotatable bonds is 1. The van der Waals surface area contributed by atoms with Crippen molar-refractivity contribution >= 4 is 16.7 Å². The molecule has 1 aromatic heterocycles. The number of pyridine rings is 1. The van der Waals surface area contributed by atoms with Gasteiger partial charge in [0, 0.05) is 5.39 Å². The van der Waals surface area contributed by atoms with E-state index in [4.69, 9.17) is 5.73 Å². The van der Waals surface area contributed by atoms with Crippen molar-refractivity contribution in [2.45, 2.75) is 27.2 Å². The predicted molar refractivity (Wildman–Crippen MR) is 65.0 cm³/mol. The molecule has 0 saturated heterocycles. The summed E-state index contributed by atoms with van der Waals surface area (Å²) < 4.78 is 0. The fourth-order valence-corrected chi connectivity index (χ4v) is 1.82. The van der Waals surface area contributed by atoms with Gasteiger partial charge in [-0.1, -0.05) is 19.1 Å².